The molecule has 0 spiro atoms. The summed E-state index contributed by atoms with van der Waals surface area (Å²) in [5.74, 6) is -0.0334. The number of rotatable bonds is 2. The van der Waals surface area contributed by atoms with Crippen LogP contribution in [0.1, 0.15) is 48.9 Å². The number of fused-ring (bicyclic) bond motifs is 1. The molecule has 0 saturated carbocycles. The van der Waals surface area contributed by atoms with Crippen molar-refractivity contribution >= 4 is 11.9 Å². The van der Waals surface area contributed by atoms with E-state index in [4.69, 9.17) is 0 Å². The van der Waals surface area contributed by atoms with Gasteiger partial charge in [0.2, 0.25) is 5.91 Å². The third kappa shape index (κ3) is 3.66. The third-order valence-corrected chi connectivity index (χ3v) is 4.80. The van der Waals surface area contributed by atoms with Crippen molar-refractivity contribution in [3.8, 4) is 0 Å². The molecule has 1 saturated heterocycles. The van der Waals surface area contributed by atoms with E-state index in [1.807, 2.05) is 4.90 Å². The summed E-state index contributed by atoms with van der Waals surface area (Å²) in [6, 6.07) is 6.69. The summed E-state index contributed by atoms with van der Waals surface area (Å²) in [6.07, 6.45) is 4.02. The highest BCUT2D eigenvalue weighted by atomic mass is 16.2. The quantitative estimate of drug-likeness (QED) is 0.879. The molecule has 1 unspecified atom stereocenters. The fraction of sp³-hybridized carbons (Fsp3) is 0.556. The Labute approximate surface area is 137 Å². The Morgan fingerprint density at radius 2 is 2.04 bits per heavy atom. The molecule has 0 bridgehead atoms. The topological polar surface area (TPSA) is 61.4 Å². The lowest BCUT2D eigenvalue weighted by Crippen LogP contribution is -2.43. The Balaban J connectivity index is 1.63. The molecular formula is C18H25N3O2. The van der Waals surface area contributed by atoms with Gasteiger partial charge in [0, 0.05) is 26.1 Å². The van der Waals surface area contributed by atoms with Gasteiger partial charge in [0.25, 0.3) is 0 Å². The second-order valence-electron chi connectivity index (χ2n) is 6.73. The number of amides is 3. The molecular weight excluding hydrogens is 290 g/mol. The van der Waals surface area contributed by atoms with E-state index < -0.39 is 0 Å². The fourth-order valence-electron chi connectivity index (χ4n) is 3.66. The van der Waals surface area contributed by atoms with Crippen LogP contribution in [0, 0.1) is 6.92 Å². The van der Waals surface area contributed by atoms with Crippen molar-refractivity contribution in [1.29, 1.82) is 0 Å². The van der Waals surface area contributed by atoms with Gasteiger partial charge < -0.3 is 15.5 Å². The summed E-state index contributed by atoms with van der Waals surface area (Å²) in [4.78, 5) is 25.5. The maximum absolute atomic E-state index is 12.5. The van der Waals surface area contributed by atoms with Crippen molar-refractivity contribution in [3.05, 3.63) is 34.9 Å². The molecule has 1 aliphatic carbocycles. The molecule has 1 heterocycles. The summed E-state index contributed by atoms with van der Waals surface area (Å²) < 4.78 is 0. The Kier molecular flexibility index (Phi) is 4.55. The zero-order valence-corrected chi connectivity index (χ0v) is 13.9. The van der Waals surface area contributed by atoms with E-state index in [0.29, 0.717) is 13.1 Å². The van der Waals surface area contributed by atoms with E-state index in [1.54, 1.807) is 0 Å². The maximum Gasteiger partial charge on any atom is 0.317 e. The van der Waals surface area contributed by atoms with Crippen LogP contribution >= 0.6 is 0 Å². The normalized spacial score (nSPS) is 23.3. The van der Waals surface area contributed by atoms with Crippen molar-refractivity contribution in [2.45, 2.75) is 51.6 Å². The van der Waals surface area contributed by atoms with Crippen LogP contribution in [0.25, 0.3) is 0 Å². The molecule has 5 heteroatoms. The molecule has 2 aliphatic rings. The monoisotopic (exact) mass is 315 g/mol. The molecule has 5 nitrogen and oxygen atoms in total. The van der Waals surface area contributed by atoms with Gasteiger partial charge in [-0.15, -0.1) is 0 Å². The molecule has 3 rings (SSSR count). The largest absolute Gasteiger partial charge is 0.352 e. The first-order valence-electron chi connectivity index (χ1n) is 8.45. The van der Waals surface area contributed by atoms with Crippen molar-refractivity contribution in [3.63, 3.8) is 0 Å². The van der Waals surface area contributed by atoms with E-state index in [9.17, 15) is 9.59 Å². The van der Waals surface area contributed by atoms with Crippen molar-refractivity contribution < 1.29 is 9.59 Å². The standard InChI is InChI=1S/C18H25N3O2/c1-12-6-7-14-4-3-5-17(16(14)10-12)20-18(23)21-9-8-15(11-21)19-13(2)22/h6-7,10,15,17H,3-5,8-9,11H2,1-2H3,(H,19,22)(H,20,23)/t15?,17-/m1/s1. The van der Waals surface area contributed by atoms with Gasteiger partial charge in [-0.3, -0.25) is 4.79 Å². The van der Waals surface area contributed by atoms with Crippen molar-refractivity contribution in [2.75, 3.05) is 13.1 Å². The molecule has 124 valence electrons. The first-order valence-corrected chi connectivity index (χ1v) is 8.45. The zero-order chi connectivity index (χ0) is 16.4. The van der Waals surface area contributed by atoms with E-state index in [1.165, 1.54) is 23.6 Å². The van der Waals surface area contributed by atoms with E-state index >= 15 is 0 Å². The number of benzene rings is 1. The number of aryl methyl sites for hydroxylation is 2. The highest BCUT2D eigenvalue weighted by Crippen LogP contribution is 2.30. The first-order chi connectivity index (χ1) is 11.0. The number of likely N-dealkylation sites (tertiary alicyclic amines) is 1. The average molecular weight is 315 g/mol. The number of carbonyl (C=O) groups excluding carboxylic acids is 2. The molecule has 1 aliphatic heterocycles. The second-order valence-corrected chi connectivity index (χ2v) is 6.73. The van der Waals surface area contributed by atoms with Crippen LogP contribution in [-0.4, -0.2) is 36.0 Å². The van der Waals surface area contributed by atoms with Gasteiger partial charge in [0.1, 0.15) is 0 Å². The molecule has 1 aromatic rings. The lowest BCUT2D eigenvalue weighted by Gasteiger charge is -2.29. The van der Waals surface area contributed by atoms with Gasteiger partial charge in [0.15, 0.2) is 0 Å². The average Bonchev–Trinajstić information content (AvgIpc) is 2.95. The third-order valence-electron chi connectivity index (χ3n) is 4.80. The summed E-state index contributed by atoms with van der Waals surface area (Å²) in [5.41, 5.74) is 3.85. The zero-order valence-electron chi connectivity index (χ0n) is 13.9. The van der Waals surface area contributed by atoms with Gasteiger partial charge >= 0.3 is 6.03 Å². The number of hydrogen-bond donors (Lipinski definition) is 2. The van der Waals surface area contributed by atoms with Gasteiger partial charge in [-0.1, -0.05) is 23.8 Å². The highest BCUT2D eigenvalue weighted by molar-refractivity contribution is 5.76. The Hall–Kier alpha value is -2.04. The van der Waals surface area contributed by atoms with E-state index in [0.717, 1.165) is 25.7 Å². The number of nitrogens with one attached hydrogen (secondary N) is 2. The minimum absolute atomic E-state index is 0.0165. The Morgan fingerprint density at radius 3 is 2.83 bits per heavy atom. The number of hydrogen-bond acceptors (Lipinski definition) is 2. The first kappa shape index (κ1) is 15.8. The number of nitrogens with zero attached hydrogens (tertiary/aromatic N) is 1. The van der Waals surface area contributed by atoms with Crippen molar-refractivity contribution in [2.24, 2.45) is 0 Å². The Bertz CT molecular complexity index is 614. The highest BCUT2D eigenvalue weighted by Gasteiger charge is 2.29. The molecule has 23 heavy (non-hydrogen) atoms. The van der Waals surface area contributed by atoms with Gasteiger partial charge in [-0.2, -0.15) is 0 Å². The van der Waals surface area contributed by atoms with Crippen LogP contribution in [0.2, 0.25) is 0 Å². The van der Waals surface area contributed by atoms with Crippen LogP contribution < -0.4 is 10.6 Å². The van der Waals surface area contributed by atoms with Crippen LogP contribution in [-0.2, 0) is 11.2 Å². The fourth-order valence-corrected chi connectivity index (χ4v) is 3.66. The lowest BCUT2D eigenvalue weighted by molar-refractivity contribution is -0.119. The van der Waals surface area contributed by atoms with Crippen molar-refractivity contribution in [1.82, 2.24) is 15.5 Å². The molecule has 1 aromatic carbocycles. The van der Waals surface area contributed by atoms with E-state index in [-0.39, 0.29) is 24.0 Å². The Morgan fingerprint density at radius 1 is 1.22 bits per heavy atom. The van der Waals surface area contributed by atoms with Crippen LogP contribution in [0.3, 0.4) is 0 Å². The lowest BCUT2D eigenvalue weighted by atomic mass is 9.87. The minimum atomic E-state index is -0.0334. The summed E-state index contributed by atoms with van der Waals surface area (Å²) in [6.45, 7) is 4.90. The maximum atomic E-state index is 12.5. The molecule has 0 aromatic heterocycles. The molecule has 3 amide bonds. The number of urea groups is 1. The predicted molar refractivity (Wildman–Crippen MR) is 89.2 cm³/mol. The summed E-state index contributed by atoms with van der Waals surface area (Å²) >= 11 is 0. The van der Waals surface area contributed by atoms with Crippen LogP contribution in [0.15, 0.2) is 18.2 Å². The molecule has 1 fully saturated rings. The van der Waals surface area contributed by atoms with Crippen LogP contribution in [0.5, 0.6) is 0 Å². The van der Waals surface area contributed by atoms with Gasteiger partial charge in [-0.05, 0) is 43.7 Å². The van der Waals surface area contributed by atoms with Gasteiger partial charge in [0.05, 0.1) is 6.04 Å². The molecule has 2 N–H and O–H groups in total. The van der Waals surface area contributed by atoms with Gasteiger partial charge in [-0.25, -0.2) is 4.79 Å². The second kappa shape index (κ2) is 6.60. The predicted octanol–water partition coefficient (Wildman–Crippen LogP) is 2.29. The smallest absolute Gasteiger partial charge is 0.317 e. The molecule has 2 atom stereocenters. The van der Waals surface area contributed by atoms with Crippen LogP contribution in [0.4, 0.5) is 4.79 Å². The van der Waals surface area contributed by atoms with E-state index in [2.05, 4.69) is 35.8 Å². The summed E-state index contributed by atoms with van der Waals surface area (Å²) in [5, 5.41) is 6.09. The SMILES string of the molecule is CC(=O)NC1CCN(C(=O)N[C@@H]2CCCc3ccc(C)cc32)C1. The summed E-state index contributed by atoms with van der Waals surface area (Å²) in [7, 11) is 0. The minimum Gasteiger partial charge on any atom is -0.352 e. The molecule has 0 radical (unpaired) electrons. The number of carbonyl (C=O) groups is 2.